The molecule has 3 heterocycles. The van der Waals surface area contributed by atoms with E-state index in [1.807, 2.05) is 24.3 Å². The molecule has 1 aromatic carbocycles. The second-order valence-corrected chi connectivity index (χ2v) is 7.49. The van der Waals surface area contributed by atoms with Crippen LogP contribution in [-0.2, 0) is 4.79 Å². The third-order valence-electron chi connectivity index (χ3n) is 5.51. The number of aromatic nitrogens is 3. The van der Waals surface area contributed by atoms with E-state index in [4.69, 9.17) is 0 Å². The van der Waals surface area contributed by atoms with Crippen molar-refractivity contribution in [2.45, 2.75) is 19.8 Å². The molecule has 1 saturated heterocycles. The quantitative estimate of drug-likeness (QED) is 0.497. The van der Waals surface area contributed by atoms with Crippen LogP contribution in [0.4, 0.5) is 17.2 Å². The second-order valence-electron chi connectivity index (χ2n) is 7.49. The first-order chi connectivity index (χ1) is 15.0. The highest BCUT2D eigenvalue weighted by atomic mass is 16.6. The van der Waals surface area contributed by atoms with Crippen molar-refractivity contribution < 1.29 is 9.72 Å². The largest absolute Gasteiger partial charge is 0.355 e. The van der Waals surface area contributed by atoms with Gasteiger partial charge in [0, 0.05) is 43.0 Å². The van der Waals surface area contributed by atoms with Gasteiger partial charge in [0.1, 0.15) is 5.69 Å². The summed E-state index contributed by atoms with van der Waals surface area (Å²) >= 11 is 0. The first-order valence-corrected chi connectivity index (χ1v) is 10.1. The average molecular weight is 418 g/mol. The summed E-state index contributed by atoms with van der Waals surface area (Å²) < 4.78 is 0. The van der Waals surface area contributed by atoms with E-state index in [0.717, 1.165) is 17.1 Å². The van der Waals surface area contributed by atoms with Crippen LogP contribution in [0.25, 0.3) is 11.3 Å². The summed E-state index contributed by atoms with van der Waals surface area (Å²) in [6, 6.07) is 12.4. The first kappa shape index (κ1) is 20.4. The van der Waals surface area contributed by atoms with E-state index >= 15 is 0 Å². The molecule has 1 N–H and O–H groups in total. The number of benzene rings is 1. The van der Waals surface area contributed by atoms with E-state index < -0.39 is 4.92 Å². The molecule has 158 valence electrons. The van der Waals surface area contributed by atoms with E-state index in [1.165, 1.54) is 6.07 Å². The van der Waals surface area contributed by atoms with Crippen molar-refractivity contribution in [2.75, 3.05) is 23.3 Å². The number of pyridine rings is 1. The second kappa shape index (κ2) is 8.86. The van der Waals surface area contributed by atoms with Crippen LogP contribution in [0.2, 0.25) is 0 Å². The Morgan fingerprint density at radius 3 is 2.48 bits per heavy atom. The van der Waals surface area contributed by atoms with Crippen molar-refractivity contribution in [3.63, 3.8) is 0 Å². The molecule has 9 heteroatoms. The lowest BCUT2D eigenvalue weighted by Gasteiger charge is -2.31. The molecule has 0 spiro atoms. The van der Waals surface area contributed by atoms with Gasteiger partial charge in [-0.3, -0.25) is 19.9 Å². The average Bonchev–Trinajstić information content (AvgIpc) is 2.81. The predicted octanol–water partition coefficient (Wildman–Crippen LogP) is 3.61. The number of nitrogens with zero attached hydrogens (tertiary/aromatic N) is 5. The zero-order chi connectivity index (χ0) is 21.8. The molecule has 1 amide bonds. The Balaban J connectivity index is 1.38. The number of para-hydroxylation sites is 1. The van der Waals surface area contributed by atoms with E-state index in [2.05, 4.69) is 25.4 Å². The van der Waals surface area contributed by atoms with Crippen LogP contribution in [0.5, 0.6) is 0 Å². The zero-order valence-electron chi connectivity index (χ0n) is 17.1. The highest BCUT2D eigenvalue weighted by molar-refractivity contribution is 5.95. The first-order valence-electron chi connectivity index (χ1n) is 10.1. The number of amides is 1. The van der Waals surface area contributed by atoms with E-state index in [0.29, 0.717) is 31.5 Å². The minimum absolute atomic E-state index is 0.0876. The molecule has 4 rings (SSSR count). The van der Waals surface area contributed by atoms with Gasteiger partial charge in [-0.05, 0) is 49.6 Å². The molecule has 1 aliphatic heterocycles. The zero-order valence-corrected chi connectivity index (χ0v) is 17.1. The number of rotatable bonds is 5. The number of piperidine rings is 1. The van der Waals surface area contributed by atoms with Crippen molar-refractivity contribution in [3.8, 4) is 11.3 Å². The Hall–Kier alpha value is -3.88. The van der Waals surface area contributed by atoms with E-state index in [9.17, 15) is 14.9 Å². The molecule has 31 heavy (non-hydrogen) atoms. The summed E-state index contributed by atoms with van der Waals surface area (Å²) in [4.78, 5) is 29.7. The van der Waals surface area contributed by atoms with Crippen molar-refractivity contribution in [1.29, 1.82) is 0 Å². The molecule has 1 fully saturated rings. The smallest absolute Gasteiger partial charge is 0.293 e. The molecular weight excluding hydrogens is 396 g/mol. The van der Waals surface area contributed by atoms with Gasteiger partial charge < -0.3 is 10.2 Å². The van der Waals surface area contributed by atoms with Crippen LogP contribution < -0.4 is 10.2 Å². The number of carbonyl (C=O) groups is 1. The predicted molar refractivity (Wildman–Crippen MR) is 117 cm³/mol. The van der Waals surface area contributed by atoms with Gasteiger partial charge in [0.05, 0.1) is 10.6 Å². The molecule has 2 aromatic heterocycles. The van der Waals surface area contributed by atoms with Gasteiger partial charge in [-0.2, -0.15) is 0 Å². The third-order valence-corrected chi connectivity index (χ3v) is 5.51. The number of carbonyl (C=O) groups excluding carboxylic acids is 1. The van der Waals surface area contributed by atoms with Gasteiger partial charge in [0.25, 0.3) is 5.69 Å². The summed E-state index contributed by atoms with van der Waals surface area (Å²) in [5, 5.41) is 22.7. The summed E-state index contributed by atoms with van der Waals surface area (Å²) in [5.41, 5.74) is 2.59. The summed E-state index contributed by atoms with van der Waals surface area (Å²) in [6.07, 6.45) is 4.71. The molecule has 0 radical (unpaired) electrons. The normalized spacial score (nSPS) is 14.3. The highest BCUT2D eigenvalue weighted by Crippen LogP contribution is 2.30. The van der Waals surface area contributed by atoms with Crippen molar-refractivity contribution >= 4 is 23.1 Å². The van der Waals surface area contributed by atoms with Crippen LogP contribution >= 0.6 is 0 Å². The monoisotopic (exact) mass is 418 g/mol. The minimum Gasteiger partial charge on any atom is -0.355 e. The molecule has 1 aliphatic rings. The van der Waals surface area contributed by atoms with Gasteiger partial charge in [0.15, 0.2) is 5.82 Å². The Labute approximate surface area is 179 Å². The minimum atomic E-state index is -0.473. The lowest BCUT2D eigenvalue weighted by atomic mass is 9.95. The number of hydrogen-bond donors (Lipinski definition) is 1. The number of nitro benzene ring substituents is 1. The highest BCUT2D eigenvalue weighted by Gasteiger charge is 2.28. The lowest BCUT2D eigenvalue weighted by molar-refractivity contribution is -0.384. The SMILES string of the molecule is Cc1cccc([N+](=O)[O-])c1NC(=O)C1CCN(c2ccc(-c3ccncc3)nn2)CC1. The fraction of sp³-hybridized carbons (Fsp3) is 0.273. The fourth-order valence-corrected chi connectivity index (χ4v) is 3.73. The maximum Gasteiger partial charge on any atom is 0.293 e. The molecule has 9 nitrogen and oxygen atoms in total. The topological polar surface area (TPSA) is 114 Å². The number of nitrogens with one attached hydrogen (secondary N) is 1. The summed E-state index contributed by atoms with van der Waals surface area (Å²) in [7, 11) is 0. The van der Waals surface area contributed by atoms with Gasteiger partial charge in [-0.15, -0.1) is 10.2 Å². The Bertz CT molecular complexity index is 1080. The number of aryl methyl sites for hydroxylation is 1. The van der Waals surface area contributed by atoms with E-state index in [1.54, 1.807) is 31.5 Å². The fourth-order valence-electron chi connectivity index (χ4n) is 3.73. The van der Waals surface area contributed by atoms with Crippen molar-refractivity contribution in [1.82, 2.24) is 15.2 Å². The maximum absolute atomic E-state index is 12.8. The van der Waals surface area contributed by atoms with Crippen LogP contribution in [0.15, 0.2) is 54.9 Å². The Morgan fingerprint density at radius 2 is 1.84 bits per heavy atom. The standard InChI is InChI=1S/C22H22N6O3/c1-15-3-2-4-19(28(30)31)21(15)24-22(29)17-9-13-27(14-10-17)20-6-5-18(25-26-20)16-7-11-23-12-8-16/h2-8,11-12,17H,9-10,13-14H2,1H3,(H,24,29). The lowest BCUT2D eigenvalue weighted by Crippen LogP contribution is -2.38. The van der Waals surface area contributed by atoms with Crippen molar-refractivity contribution in [2.24, 2.45) is 5.92 Å². The maximum atomic E-state index is 12.8. The summed E-state index contributed by atoms with van der Waals surface area (Å²) in [6.45, 7) is 3.08. The molecule has 0 atom stereocenters. The molecular formula is C22H22N6O3. The van der Waals surface area contributed by atoms with Crippen LogP contribution in [0, 0.1) is 23.0 Å². The van der Waals surface area contributed by atoms with E-state index in [-0.39, 0.29) is 23.2 Å². The molecule has 0 saturated carbocycles. The van der Waals surface area contributed by atoms with Gasteiger partial charge in [-0.1, -0.05) is 12.1 Å². The molecule has 0 bridgehead atoms. The number of anilines is 2. The molecule has 3 aromatic rings. The third kappa shape index (κ3) is 4.50. The van der Waals surface area contributed by atoms with Crippen LogP contribution in [0.1, 0.15) is 18.4 Å². The van der Waals surface area contributed by atoms with Crippen LogP contribution in [0.3, 0.4) is 0 Å². The summed E-state index contributed by atoms with van der Waals surface area (Å²) in [5.74, 6) is 0.377. The van der Waals surface area contributed by atoms with Gasteiger partial charge in [0.2, 0.25) is 5.91 Å². The van der Waals surface area contributed by atoms with Gasteiger partial charge >= 0.3 is 0 Å². The number of nitro groups is 1. The van der Waals surface area contributed by atoms with Gasteiger partial charge in [-0.25, -0.2) is 0 Å². The molecule has 0 aliphatic carbocycles. The Kier molecular flexibility index (Phi) is 5.83. The Morgan fingerprint density at radius 1 is 1.10 bits per heavy atom. The molecule has 0 unspecified atom stereocenters. The van der Waals surface area contributed by atoms with Crippen molar-refractivity contribution in [3.05, 3.63) is 70.5 Å². The number of hydrogen-bond acceptors (Lipinski definition) is 7. The van der Waals surface area contributed by atoms with Crippen LogP contribution in [-0.4, -0.2) is 39.1 Å².